The maximum absolute atomic E-state index is 11.6. The molecule has 5 rings (SSSR count). The molecule has 0 aromatic carbocycles. The zero-order valence-electron chi connectivity index (χ0n) is 27.5. The summed E-state index contributed by atoms with van der Waals surface area (Å²) < 4.78 is 11.9. The normalized spacial score (nSPS) is 12.8. The first kappa shape index (κ1) is 35.4. The number of nitrogens with zero attached hydrogens (tertiary/aromatic N) is 1. The predicted molar refractivity (Wildman–Crippen MR) is 202 cm³/mol. The van der Waals surface area contributed by atoms with Crippen molar-refractivity contribution in [3.8, 4) is 40.8 Å². The first-order valence-corrected chi connectivity index (χ1v) is 20.4. The molecule has 47 heavy (non-hydrogen) atoms. The first-order valence-electron chi connectivity index (χ1n) is 17.1. The summed E-state index contributed by atoms with van der Waals surface area (Å²) in [7, 11) is 0. The summed E-state index contributed by atoms with van der Waals surface area (Å²) in [6.07, 6.45) is 18.5. The SMILES string of the molecule is [C-]#[N+]/C(=C\c1cc(CCCCCCCC)c(-c2ccc(-c3sc(-c4scc5c4OCCO5)cc3CCCCCCCC)s2)s1)C(=O)O. The van der Waals surface area contributed by atoms with E-state index in [1.807, 2.05) is 22.7 Å². The molecular formula is C38H45NO4S4. The van der Waals surface area contributed by atoms with E-state index in [4.69, 9.17) is 16.0 Å². The highest BCUT2D eigenvalue weighted by Crippen LogP contribution is 2.51. The zero-order chi connectivity index (χ0) is 33.0. The van der Waals surface area contributed by atoms with Crippen LogP contribution in [0, 0.1) is 6.57 Å². The third kappa shape index (κ3) is 9.38. The van der Waals surface area contributed by atoms with E-state index < -0.39 is 5.97 Å². The van der Waals surface area contributed by atoms with Crippen LogP contribution in [0.4, 0.5) is 0 Å². The van der Waals surface area contributed by atoms with Gasteiger partial charge in [-0.3, -0.25) is 4.79 Å². The Kier molecular flexibility index (Phi) is 13.6. The van der Waals surface area contributed by atoms with E-state index >= 15 is 0 Å². The number of carbonyl (C=O) groups is 1. The lowest BCUT2D eigenvalue weighted by Gasteiger charge is -2.15. The van der Waals surface area contributed by atoms with E-state index in [9.17, 15) is 9.90 Å². The van der Waals surface area contributed by atoms with Crippen LogP contribution in [0.5, 0.6) is 11.5 Å². The van der Waals surface area contributed by atoms with Gasteiger partial charge in [-0.05, 0) is 67.2 Å². The number of aryl methyl sites for hydroxylation is 2. The van der Waals surface area contributed by atoms with Gasteiger partial charge in [0.05, 0.1) is 11.4 Å². The van der Waals surface area contributed by atoms with Crippen molar-refractivity contribution in [2.45, 2.75) is 104 Å². The second-order valence-electron chi connectivity index (χ2n) is 12.1. The monoisotopic (exact) mass is 707 g/mol. The Bertz CT molecular complexity index is 1680. The zero-order valence-corrected chi connectivity index (χ0v) is 30.8. The van der Waals surface area contributed by atoms with Gasteiger partial charge in [-0.2, -0.15) is 0 Å². The number of carboxylic acid groups (broad SMARTS) is 1. The van der Waals surface area contributed by atoms with Crippen molar-refractivity contribution in [3.63, 3.8) is 0 Å². The van der Waals surface area contributed by atoms with Crippen molar-refractivity contribution >= 4 is 57.4 Å². The molecule has 1 aliphatic rings. The van der Waals surface area contributed by atoms with E-state index in [0.29, 0.717) is 13.2 Å². The number of hydrogen-bond donors (Lipinski definition) is 1. The summed E-state index contributed by atoms with van der Waals surface area (Å²) in [6, 6.07) is 8.98. The molecule has 0 aliphatic carbocycles. The van der Waals surface area contributed by atoms with Crippen LogP contribution in [0.1, 0.15) is 107 Å². The van der Waals surface area contributed by atoms with Crippen LogP contribution in [0.3, 0.4) is 0 Å². The molecule has 250 valence electrons. The molecular weight excluding hydrogens is 663 g/mol. The molecule has 0 unspecified atom stereocenters. The Morgan fingerprint density at radius 3 is 2.02 bits per heavy atom. The molecule has 1 aliphatic heterocycles. The van der Waals surface area contributed by atoms with Crippen LogP contribution in [0.25, 0.3) is 40.2 Å². The predicted octanol–water partition coefficient (Wildman–Crippen LogP) is 12.9. The molecule has 9 heteroatoms. The van der Waals surface area contributed by atoms with Crippen LogP contribution in [0.2, 0.25) is 0 Å². The molecule has 0 spiro atoms. The van der Waals surface area contributed by atoms with Crippen molar-refractivity contribution in [1.82, 2.24) is 0 Å². The smallest absolute Gasteiger partial charge is 0.333 e. The van der Waals surface area contributed by atoms with Crippen LogP contribution in [-0.4, -0.2) is 24.3 Å². The lowest BCUT2D eigenvalue weighted by Crippen LogP contribution is -2.14. The van der Waals surface area contributed by atoms with Gasteiger partial charge in [-0.1, -0.05) is 78.1 Å². The van der Waals surface area contributed by atoms with Gasteiger partial charge >= 0.3 is 5.97 Å². The minimum atomic E-state index is -1.18. The number of carboxylic acids is 1. The second-order valence-corrected chi connectivity index (χ2v) is 16.2. The number of fused-ring (bicyclic) bond motifs is 1. The summed E-state index contributed by atoms with van der Waals surface area (Å²) in [4.78, 5) is 23.1. The van der Waals surface area contributed by atoms with Gasteiger partial charge < -0.3 is 14.6 Å². The highest BCUT2D eigenvalue weighted by atomic mass is 32.1. The molecule has 5 heterocycles. The number of hydrogen-bond acceptors (Lipinski definition) is 7. The second kappa shape index (κ2) is 18.0. The van der Waals surface area contributed by atoms with Crippen LogP contribution >= 0.6 is 45.3 Å². The molecule has 4 aromatic heterocycles. The van der Waals surface area contributed by atoms with Gasteiger partial charge in [0.1, 0.15) is 13.2 Å². The summed E-state index contributed by atoms with van der Waals surface area (Å²) in [6.45, 7) is 13.0. The quantitative estimate of drug-likeness (QED) is 0.0599. The van der Waals surface area contributed by atoms with Crippen LogP contribution in [0.15, 0.2) is 35.3 Å². The van der Waals surface area contributed by atoms with Crippen molar-refractivity contribution in [2.75, 3.05) is 13.2 Å². The fourth-order valence-corrected chi connectivity index (χ4v) is 10.6. The van der Waals surface area contributed by atoms with Gasteiger partial charge in [-0.15, -0.1) is 45.3 Å². The molecule has 0 atom stereocenters. The van der Waals surface area contributed by atoms with Gasteiger partial charge in [0.15, 0.2) is 11.5 Å². The summed E-state index contributed by atoms with van der Waals surface area (Å²) >= 11 is 6.98. The number of rotatable bonds is 19. The van der Waals surface area contributed by atoms with Crippen molar-refractivity contribution < 1.29 is 19.4 Å². The molecule has 5 nitrogen and oxygen atoms in total. The first-order chi connectivity index (χ1) is 23.0. The minimum absolute atomic E-state index is 0.244. The molecule has 0 fully saturated rings. The van der Waals surface area contributed by atoms with E-state index in [2.05, 4.69) is 48.3 Å². The maximum atomic E-state index is 11.6. The molecule has 0 radical (unpaired) electrons. The Balaban J connectivity index is 1.44. The molecule has 0 amide bonds. The fraction of sp³-hybridized carbons (Fsp3) is 0.474. The number of aliphatic carboxylic acids is 1. The third-order valence-electron chi connectivity index (χ3n) is 8.43. The highest BCUT2D eigenvalue weighted by molar-refractivity contribution is 7.28. The Morgan fingerprint density at radius 1 is 0.787 bits per heavy atom. The molecule has 0 saturated carbocycles. The lowest BCUT2D eigenvalue weighted by atomic mass is 10.0. The van der Waals surface area contributed by atoms with E-state index in [-0.39, 0.29) is 5.70 Å². The van der Waals surface area contributed by atoms with E-state index in [1.165, 1.54) is 112 Å². The summed E-state index contributed by atoms with van der Waals surface area (Å²) in [5.41, 5.74) is 2.41. The average Bonchev–Trinajstić information content (AvgIpc) is 3.88. The van der Waals surface area contributed by atoms with Gasteiger partial charge in [0, 0.05) is 34.6 Å². The molecule has 0 bridgehead atoms. The molecule has 0 saturated heterocycles. The minimum Gasteiger partial charge on any atom is -0.486 e. The van der Waals surface area contributed by atoms with Gasteiger partial charge in [-0.25, -0.2) is 4.85 Å². The number of unbranched alkanes of at least 4 members (excludes halogenated alkanes) is 10. The molecule has 1 N–H and O–H groups in total. The van der Waals surface area contributed by atoms with E-state index in [0.717, 1.165) is 40.5 Å². The van der Waals surface area contributed by atoms with E-state index in [1.54, 1.807) is 22.7 Å². The summed E-state index contributed by atoms with van der Waals surface area (Å²) in [5.74, 6) is 0.554. The molecule has 4 aromatic rings. The standard InChI is InChI=1S/C38H45NO4S4/c1-4-6-8-10-12-14-16-26-22-28(24-29(39-3)38(40)41)45-35(26)31-18-19-32(46-31)36-27(17-15-13-11-9-7-5-2)23-33(47-36)37-34-30(25-44-37)42-20-21-43-34/h18-19,22-25H,4-17,20-21H2,1-2H3,(H,40,41)/b29-24-. The maximum Gasteiger partial charge on any atom is 0.333 e. The van der Waals surface area contributed by atoms with Crippen molar-refractivity contribution in [1.29, 1.82) is 0 Å². The Morgan fingerprint density at radius 2 is 1.38 bits per heavy atom. The fourth-order valence-electron chi connectivity index (χ4n) is 5.93. The highest BCUT2D eigenvalue weighted by Gasteiger charge is 2.24. The number of thiophene rings is 4. The third-order valence-corrected chi connectivity index (χ3v) is 13.3. The van der Waals surface area contributed by atoms with Crippen molar-refractivity contribution in [2.24, 2.45) is 0 Å². The van der Waals surface area contributed by atoms with Crippen molar-refractivity contribution in [3.05, 3.63) is 62.8 Å². The van der Waals surface area contributed by atoms with Crippen LogP contribution in [-0.2, 0) is 17.6 Å². The van der Waals surface area contributed by atoms with Crippen LogP contribution < -0.4 is 9.47 Å². The number of ether oxygens (including phenoxy) is 2. The largest absolute Gasteiger partial charge is 0.486 e. The Labute approximate surface area is 295 Å². The Hall–Kier alpha value is -2.90. The van der Waals surface area contributed by atoms with Gasteiger partial charge in [0.2, 0.25) is 0 Å². The lowest BCUT2D eigenvalue weighted by molar-refractivity contribution is -0.132. The topological polar surface area (TPSA) is 60.1 Å². The summed E-state index contributed by atoms with van der Waals surface area (Å²) in [5, 5.41) is 11.6. The average molecular weight is 708 g/mol. The van der Waals surface area contributed by atoms with Gasteiger partial charge in [0.25, 0.3) is 5.70 Å².